The minimum absolute atomic E-state index is 0.0979. The quantitative estimate of drug-likeness (QED) is 0.794. The van der Waals surface area contributed by atoms with Crippen LogP contribution in [0.1, 0.15) is 36.1 Å². The van der Waals surface area contributed by atoms with E-state index in [9.17, 15) is 4.79 Å². The molecule has 1 amide bonds. The zero-order chi connectivity index (χ0) is 16.4. The molecule has 0 unspecified atom stereocenters. The van der Waals surface area contributed by atoms with Crippen molar-refractivity contribution in [3.8, 4) is 11.4 Å². The van der Waals surface area contributed by atoms with Crippen LogP contribution in [0.5, 0.6) is 0 Å². The molecular formula is C15H16N6O2. The van der Waals surface area contributed by atoms with Crippen molar-refractivity contribution in [3.05, 3.63) is 41.8 Å². The number of amides is 1. The van der Waals surface area contributed by atoms with Crippen LogP contribution in [0.25, 0.3) is 11.4 Å². The minimum Gasteiger partial charge on any atom is -0.351 e. The highest BCUT2D eigenvalue weighted by atomic mass is 16.5. The Balaban J connectivity index is 1.95. The normalized spacial score (nSPS) is 11.0. The van der Waals surface area contributed by atoms with E-state index in [1.807, 2.05) is 32.0 Å². The number of aryl methyl sites for hydroxylation is 1. The van der Waals surface area contributed by atoms with Gasteiger partial charge in [-0.3, -0.25) is 4.79 Å². The van der Waals surface area contributed by atoms with Crippen molar-refractivity contribution in [2.75, 3.05) is 5.32 Å². The molecule has 0 saturated heterocycles. The number of benzene rings is 1. The largest absolute Gasteiger partial charge is 0.351 e. The first-order chi connectivity index (χ1) is 11.1. The summed E-state index contributed by atoms with van der Waals surface area (Å²) in [5, 5.41) is 18.3. The van der Waals surface area contributed by atoms with Gasteiger partial charge >= 0.3 is 0 Å². The smallest absolute Gasteiger partial charge is 0.294 e. The first kappa shape index (κ1) is 14.9. The Morgan fingerprint density at radius 3 is 2.78 bits per heavy atom. The molecule has 0 spiro atoms. The van der Waals surface area contributed by atoms with E-state index in [-0.39, 0.29) is 17.7 Å². The first-order valence-corrected chi connectivity index (χ1v) is 7.18. The van der Waals surface area contributed by atoms with Crippen molar-refractivity contribution in [2.45, 2.75) is 26.8 Å². The Bertz CT molecular complexity index is 836. The molecule has 0 aliphatic rings. The Kier molecular flexibility index (Phi) is 3.88. The Morgan fingerprint density at radius 2 is 2.09 bits per heavy atom. The van der Waals surface area contributed by atoms with Gasteiger partial charge in [0.15, 0.2) is 5.82 Å². The van der Waals surface area contributed by atoms with Gasteiger partial charge in [0.1, 0.15) is 0 Å². The van der Waals surface area contributed by atoms with E-state index in [4.69, 9.17) is 4.52 Å². The lowest BCUT2D eigenvalue weighted by Gasteiger charge is -2.11. The molecule has 8 nitrogen and oxygen atoms in total. The van der Waals surface area contributed by atoms with E-state index >= 15 is 0 Å². The standard InChI is InChI=1S/C15H16N6O2/c1-9(2)21-14(17-19-20-21)11-6-4-5-7-12(11)16-15(22)13-8-10(3)18-23-13/h4-9H,1-3H3,(H,16,22). The molecule has 8 heteroatoms. The van der Waals surface area contributed by atoms with Gasteiger partial charge in [0, 0.05) is 11.6 Å². The lowest BCUT2D eigenvalue weighted by atomic mass is 10.1. The summed E-state index contributed by atoms with van der Waals surface area (Å²) in [7, 11) is 0. The number of hydrogen-bond donors (Lipinski definition) is 1. The minimum atomic E-state index is -0.373. The molecule has 0 saturated carbocycles. The van der Waals surface area contributed by atoms with Crippen LogP contribution in [0.15, 0.2) is 34.9 Å². The van der Waals surface area contributed by atoms with E-state index in [2.05, 4.69) is 26.0 Å². The molecule has 0 radical (unpaired) electrons. The maximum atomic E-state index is 12.3. The van der Waals surface area contributed by atoms with Crippen LogP contribution < -0.4 is 5.32 Å². The van der Waals surface area contributed by atoms with Gasteiger partial charge in [-0.05, 0) is 43.3 Å². The SMILES string of the molecule is Cc1cc(C(=O)Nc2ccccc2-c2nnnn2C(C)C)on1. The van der Waals surface area contributed by atoms with Gasteiger partial charge in [0.2, 0.25) is 5.76 Å². The number of rotatable bonds is 4. The monoisotopic (exact) mass is 312 g/mol. The molecule has 0 atom stereocenters. The van der Waals surface area contributed by atoms with Crippen LogP contribution in [0.3, 0.4) is 0 Å². The number of tetrazole rings is 1. The predicted molar refractivity (Wildman–Crippen MR) is 82.8 cm³/mol. The number of aromatic nitrogens is 5. The van der Waals surface area contributed by atoms with Gasteiger partial charge < -0.3 is 9.84 Å². The molecule has 0 bridgehead atoms. The summed E-state index contributed by atoms with van der Waals surface area (Å²) in [6.45, 7) is 5.72. The van der Waals surface area contributed by atoms with Crippen LogP contribution in [0, 0.1) is 6.92 Å². The number of anilines is 1. The van der Waals surface area contributed by atoms with Crippen LogP contribution in [0.4, 0.5) is 5.69 Å². The van der Waals surface area contributed by atoms with Crippen LogP contribution in [0.2, 0.25) is 0 Å². The zero-order valence-electron chi connectivity index (χ0n) is 13.0. The summed E-state index contributed by atoms with van der Waals surface area (Å²) in [6, 6.07) is 9.01. The first-order valence-electron chi connectivity index (χ1n) is 7.18. The fourth-order valence-corrected chi connectivity index (χ4v) is 2.16. The number of nitrogens with zero attached hydrogens (tertiary/aromatic N) is 5. The molecule has 0 aliphatic carbocycles. The van der Waals surface area contributed by atoms with E-state index in [1.165, 1.54) is 0 Å². The molecule has 0 fully saturated rings. The summed E-state index contributed by atoms with van der Waals surface area (Å²) in [6.07, 6.45) is 0. The van der Waals surface area contributed by atoms with E-state index in [0.29, 0.717) is 17.2 Å². The van der Waals surface area contributed by atoms with Gasteiger partial charge in [0.05, 0.1) is 17.4 Å². The second-order valence-corrected chi connectivity index (χ2v) is 5.37. The molecule has 118 valence electrons. The fourth-order valence-electron chi connectivity index (χ4n) is 2.16. The molecule has 1 N–H and O–H groups in total. The molecule has 2 heterocycles. The van der Waals surface area contributed by atoms with Gasteiger partial charge in [0.25, 0.3) is 5.91 Å². The van der Waals surface area contributed by atoms with E-state index in [1.54, 1.807) is 23.7 Å². The summed E-state index contributed by atoms with van der Waals surface area (Å²) >= 11 is 0. The van der Waals surface area contributed by atoms with Gasteiger partial charge in [-0.1, -0.05) is 17.3 Å². The Labute approximate surface area is 132 Å². The van der Waals surface area contributed by atoms with Gasteiger partial charge in [-0.2, -0.15) is 0 Å². The Hall–Kier alpha value is -3.03. The van der Waals surface area contributed by atoms with Gasteiger partial charge in [-0.25, -0.2) is 4.68 Å². The molecule has 2 aromatic heterocycles. The second-order valence-electron chi connectivity index (χ2n) is 5.37. The van der Waals surface area contributed by atoms with Crippen molar-refractivity contribution >= 4 is 11.6 Å². The van der Waals surface area contributed by atoms with Gasteiger partial charge in [-0.15, -0.1) is 5.10 Å². The molecule has 0 aliphatic heterocycles. The van der Waals surface area contributed by atoms with E-state index < -0.39 is 0 Å². The van der Waals surface area contributed by atoms with Crippen molar-refractivity contribution < 1.29 is 9.32 Å². The van der Waals surface area contributed by atoms with Crippen LogP contribution in [-0.2, 0) is 0 Å². The van der Waals surface area contributed by atoms with E-state index in [0.717, 1.165) is 5.56 Å². The number of hydrogen-bond acceptors (Lipinski definition) is 6. The highest BCUT2D eigenvalue weighted by Crippen LogP contribution is 2.27. The number of nitrogens with one attached hydrogen (secondary N) is 1. The zero-order valence-corrected chi connectivity index (χ0v) is 13.0. The predicted octanol–water partition coefficient (Wildman–Crippen LogP) is 2.47. The van der Waals surface area contributed by atoms with Crippen LogP contribution >= 0.6 is 0 Å². The topological polar surface area (TPSA) is 98.7 Å². The lowest BCUT2D eigenvalue weighted by molar-refractivity contribution is 0.0988. The average molecular weight is 312 g/mol. The van der Waals surface area contributed by atoms with Crippen molar-refractivity contribution in [1.29, 1.82) is 0 Å². The second kappa shape index (κ2) is 5.99. The number of carbonyl (C=O) groups is 1. The lowest BCUT2D eigenvalue weighted by Crippen LogP contribution is -2.13. The number of para-hydroxylation sites is 1. The Morgan fingerprint density at radius 1 is 1.30 bits per heavy atom. The van der Waals surface area contributed by atoms with Crippen molar-refractivity contribution in [1.82, 2.24) is 25.4 Å². The maximum absolute atomic E-state index is 12.3. The molecule has 1 aromatic carbocycles. The molecule has 23 heavy (non-hydrogen) atoms. The summed E-state index contributed by atoms with van der Waals surface area (Å²) in [5.74, 6) is 0.368. The highest BCUT2D eigenvalue weighted by Gasteiger charge is 2.18. The van der Waals surface area contributed by atoms with Crippen LogP contribution in [-0.4, -0.2) is 31.3 Å². The van der Waals surface area contributed by atoms with Crippen molar-refractivity contribution in [3.63, 3.8) is 0 Å². The third kappa shape index (κ3) is 2.96. The third-order valence-corrected chi connectivity index (χ3v) is 3.25. The molecule has 3 rings (SSSR count). The molecule has 3 aromatic rings. The summed E-state index contributed by atoms with van der Waals surface area (Å²) in [4.78, 5) is 12.3. The third-order valence-electron chi connectivity index (χ3n) is 3.25. The number of carbonyl (C=O) groups excluding carboxylic acids is 1. The highest BCUT2D eigenvalue weighted by molar-refractivity contribution is 6.04. The summed E-state index contributed by atoms with van der Waals surface area (Å²) in [5.41, 5.74) is 1.98. The molecular weight excluding hydrogens is 296 g/mol. The summed E-state index contributed by atoms with van der Waals surface area (Å²) < 4.78 is 6.68. The maximum Gasteiger partial charge on any atom is 0.294 e. The van der Waals surface area contributed by atoms with Crippen molar-refractivity contribution in [2.24, 2.45) is 0 Å². The average Bonchev–Trinajstić information content (AvgIpc) is 3.16. The fraction of sp³-hybridized carbons (Fsp3) is 0.267.